The lowest BCUT2D eigenvalue weighted by Gasteiger charge is -2.34. The monoisotopic (exact) mass is 483 g/mol. The predicted molar refractivity (Wildman–Crippen MR) is 135 cm³/mol. The normalized spacial score (nSPS) is 14.0. The number of carbonyl (C=O) groups excluding carboxylic acids is 1. The van der Waals surface area contributed by atoms with Crippen LogP contribution in [0.5, 0.6) is 23.0 Å². The lowest BCUT2D eigenvalue weighted by molar-refractivity contribution is -0.126. The summed E-state index contributed by atoms with van der Waals surface area (Å²) in [4.78, 5) is 21.7. The summed E-state index contributed by atoms with van der Waals surface area (Å²) in [6, 6.07) is 9.63. The zero-order valence-corrected chi connectivity index (χ0v) is 20.7. The van der Waals surface area contributed by atoms with Gasteiger partial charge >= 0.3 is 0 Å². The maximum absolute atomic E-state index is 12.8. The van der Waals surface area contributed by atoms with Gasteiger partial charge in [-0.25, -0.2) is 4.98 Å². The van der Waals surface area contributed by atoms with Gasteiger partial charge in [0.2, 0.25) is 11.7 Å². The summed E-state index contributed by atoms with van der Waals surface area (Å²) in [6.45, 7) is 5.30. The summed E-state index contributed by atoms with van der Waals surface area (Å²) < 4.78 is 22.9. The van der Waals surface area contributed by atoms with Gasteiger partial charge in [-0.05, 0) is 42.8 Å². The molecule has 9 heteroatoms. The molecule has 1 saturated heterocycles. The van der Waals surface area contributed by atoms with Gasteiger partial charge in [-0.15, -0.1) is 0 Å². The van der Waals surface area contributed by atoms with Crippen LogP contribution in [0.25, 0.3) is 16.3 Å². The lowest BCUT2D eigenvalue weighted by Crippen LogP contribution is -2.48. The third-order valence-electron chi connectivity index (χ3n) is 5.64. The highest BCUT2D eigenvalue weighted by atomic mass is 32.1. The molecular formula is C25H29N3O5S. The Bertz CT molecular complexity index is 1160. The zero-order valence-electron chi connectivity index (χ0n) is 19.9. The fraction of sp³-hybridized carbons (Fsp3) is 0.360. The van der Waals surface area contributed by atoms with Gasteiger partial charge in [-0.3, -0.25) is 4.79 Å². The Kier molecular flexibility index (Phi) is 7.42. The lowest BCUT2D eigenvalue weighted by atomic mass is 10.1. The predicted octanol–water partition coefficient (Wildman–Crippen LogP) is 4.08. The molecule has 1 amide bonds. The second-order valence-corrected chi connectivity index (χ2v) is 8.65. The molecule has 0 radical (unpaired) electrons. The minimum Gasteiger partial charge on any atom is -0.493 e. The number of methoxy groups -OCH3 is 3. The molecule has 0 aliphatic carbocycles. The van der Waals surface area contributed by atoms with E-state index in [2.05, 4.69) is 11.0 Å². The van der Waals surface area contributed by atoms with Crippen molar-refractivity contribution in [3.8, 4) is 23.0 Å². The maximum atomic E-state index is 12.8. The van der Waals surface area contributed by atoms with E-state index in [1.54, 1.807) is 44.8 Å². The van der Waals surface area contributed by atoms with Gasteiger partial charge in [-0.1, -0.05) is 17.4 Å². The van der Waals surface area contributed by atoms with E-state index in [1.165, 1.54) is 0 Å². The number of anilines is 1. The standard InChI is InChI=1S/C25H29N3O5S/c1-5-33-18-7-6-8-21-23(18)26-25(34-21)28-13-11-27(12-14-28)22(29)10-9-17-15-19(30-2)24(32-4)20(16-17)31-3/h6-10,15-16H,5,11-14H2,1-4H3/b10-9-. The van der Waals surface area contributed by atoms with Crippen molar-refractivity contribution >= 4 is 38.7 Å². The van der Waals surface area contributed by atoms with E-state index in [4.69, 9.17) is 23.9 Å². The largest absolute Gasteiger partial charge is 0.493 e. The number of thiazole rings is 1. The van der Waals surface area contributed by atoms with Gasteiger partial charge in [0.1, 0.15) is 11.3 Å². The molecule has 1 aliphatic rings. The minimum atomic E-state index is -0.0312. The van der Waals surface area contributed by atoms with Crippen LogP contribution in [0, 0.1) is 0 Å². The highest BCUT2D eigenvalue weighted by Crippen LogP contribution is 2.38. The number of amides is 1. The van der Waals surface area contributed by atoms with Crippen molar-refractivity contribution in [1.82, 2.24) is 9.88 Å². The molecule has 180 valence electrons. The molecule has 34 heavy (non-hydrogen) atoms. The molecule has 0 atom stereocenters. The average Bonchev–Trinajstić information content (AvgIpc) is 3.32. The molecule has 2 heterocycles. The smallest absolute Gasteiger partial charge is 0.246 e. The minimum absolute atomic E-state index is 0.0312. The number of hydrogen-bond donors (Lipinski definition) is 0. The Morgan fingerprint density at radius 3 is 2.35 bits per heavy atom. The average molecular weight is 484 g/mol. The van der Waals surface area contributed by atoms with Crippen LogP contribution in [0.1, 0.15) is 12.5 Å². The van der Waals surface area contributed by atoms with Crippen molar-refractivity contribution < 1.29 is 23.7 Å². The topological polar surface area (TPSA) is 73.4 Å². The summed E-state index contributed by atoms with van der Waals surface area (Å²) in [5.41, 5.74) is 1.69. The van der Waals surface area contributed by atoms with Gasteiger partial charge in [0.25, 0.3) is 0 Å². The number of aromatic nitrogens is 1. The molecule has 0 N–H and O–H groups in total. The first-order chi connectivity index (χ1) is 16.6. The fourth-order valence-corrected chi connectivity index (χ4v) is 4.94. The highest BCUT2D eigenvalue weighted by Gasteiger charge is 2.23. The summed E-state index contributed by atoms with van der Waals surface area (Å²) in [7, 11) is 4.70. The van der Waals surface area contributed by atoms with Crippen LogP contribution in [0.2, 0.25) is 0 Å². The summed E-state index contributed by atoms with van der Waals surface area (Å²) in [5.74, 6) is 2.40. The van der Waals surface area contributed by atoms with Crippen molar-refractivity contribution in [1.29, 1.82) is 0 Å². The van der Waals surface area contributed by atoms with Crippen molar-refractivity contribution in [2.24, 2.45) is 0 Å². The van der Waals surface area contributed by atoms with Crippen molar-refractivity contribution in [3.63, 3.8) is 0 Å². The highest BCUT2D eigenvalue weighted by molar-refractivity contribution is 7.22. The molecule has 1 aliphatic heterocycles. The van der Waals surface area contributed by atoms with E-state index in [0.29, 0.717) is 36.9 Å². The third kappa shape index (κ3) is 4.89. The number of ether oxygens (including phenoxy) is 4. The number of fused-ring (bicyclic) bond motifs is 1. The van der Waals surface area contributed by atoms with Crippen LogP contribution in [0.3, 0.4) is 0 Å². The molecule has 1 fully saturated rings. The van der Waals surface area contributed by atoms with Crippen molar-refractivity contribution in [2.75, 3.05) is 59.0 Å². The van der Waals surface area contributed by atoms with Gasteiger partial charge in [0, 0.05) is 32.3 Å². The van der Waals surface area contributed by atoms with Gasteiger partial charge in [0.05, 0.1) is 32.6 Å². The number of hydrogen-bond acceptors (Lipinski definition) is 8. The molecular weight excluding hydrogens is 454 g/mol. The van der Waals surface area contributed by atoms with Crippen molar-refractivity contribution in [3.05, 3.63) is 42.0 Å². The molecule has 0 saturated carbocycles. The van der Waals surface area contributed by atoms with Crippen molar-refractivity contribution in [2.45, 2.75) is 6.92 Å². The summed E-state index contributed by atoms with van der Waals surface area (Å²) in [5, 5.41) is 0.960. The molecule has 2 aromatic carbocycles. The summed E-state index contributed by atoms with van der Waals surface area (Å²) >= 11 is 1.65. The second-order valence-electron chi connectivity index (χ2n) is 7.64. The van der Waals surface area contributed by atoms with E-state index in [1.807, 2.05) is 36.1 Å². The Morgan fingerprint density at radius 1 is 1.03 bits per heavy atom. The van der Waals surface area contributed by atoms with Crippen LogP contribution in [-0.2, 0) is 4.79 Å². The quantitative estimate of drug-likeness (QED) is 0.447. The number of para-hydroxylation sites is 1. The first-order valence-electron chi connectivity index (χ1n) is 11.1. The van der Waals surface area contributed by atoms with E-state index in [9.17, 15) is 4.79 Å². The maximum Gasteiger partial charge on any atom is 0.246 e. The fourth-order valence-electron chi connectivity index (χ4n) is 3.91. The third-order valence-corrected chi connectivity index (χ3v) is 6.72. The number of carbonyl (C=O) groups is 1. The van der Waals surface area contributed by atoms with Crippen LogP contribution in [0.4, 0.5) is 5.13 Å². The first-order valence-corrected chi connectivity index (χ1v) is 11.9. The Morgan fingerprint density at radius 2 is 1.74 bits per heavy atom. The molecule has 1 aromatic heterocycles. The molecule has 4 rings (SSSR count). The second kappa shape index (κ2) is 10.6. The molecule has 0 unspecified atom stereocenters. The molecule has 3 aromatic rings. The van der Waals surface area contributed by atoms with Gasteiger partial charge in [0.15, 0.2) is 16.6 Å². The number of nitrogens with zero attached hydrogens (tertiary/aromatic N) is 3. The van der Waals surface area contributed by atoms with E-state index in [-0.39, 0.29) is 5.91 Å². The number of benzene rings is 2. The SMILES string of the molecule is CCOc1cccc2sc(N3CCN(C(=O)/C=C\c4cc(OC)c(OC)c(OC)c4)CC3)nc12. The Hall–Kier alpha value is -3.46. The van der Waals surface area contributed by atoms with Gasteiger partial charge in [-0.2, -0.15) is 0 Å². The molecule has 8 nitrogen and oxygen atoms in total. The van der Waals surface area contributed by atoms with Gasteiger partial charge < -0.3 is 28.7 Å². The Labute approximate surface area is 203 Å². The number of piperazine rings is 1. The Balaban J connectivity index is 1.41. The molecule has 0 bridgehead atoms. The number of rotatable bonds is 8. The molecule has 0 spiro atoms. The summed E-state index contributed by atoms with van der Waals surface area (Å²) in [6.07, 6.45) is 3.35. The van der Waals surface area contributed by atoms with E-state index >= 15 is 0 Å². The van der Waals surface area contributed by atoms with Crippen LogP contribution in [0.15, 0.2) is 36.4 Å². The van der Waals surface area contributed by atoms with E-state index in [0.717, 1.165) is 39.8 Å². The van der Waals surface area contributed by atoms with Crippen LogP contribution in [-0.4, -0.2) is 69.9 Å². The zero-order chi connectivity index (χ0) is 24.1. The van der Waals surface area contributed by atoms with E-state index < -0.39 is 0 Å². The van der Waals surface area contributed by atoms with Crippen LogP contribution >= 0.6 is 11.3 Å². The first kappa shape index (κ1) is 23.7. The van der Waals surface area contributed by atoms with Crippen LogP contribution < -0.4 is 23.8 Å².